The van der Waals surface area contributed by atoms with Gasteiger partial charge in [-0.1, -0.05) is 6.07 Å². The minimum Gasteiger partial charge on any atom is -0.496 e. The first-order valence-corrected chi connectivity index (χ1v) is 5.40. The second-order valence-electron chi connectivity index (χ2n) is 3.68. The van der Waals surface area contributed by atoms with Crippen molar-refractivity contribution in [2.24, 2.45) is 5.73 Å². The molecule has 2 rings (SSSR count). The Kier molecular flexibility index (Phi) is 3.41. The molecule has 0 aromatic carbocycles. The van der Waals surface area contributed by atoms with E-state index >= 15 is 0 Å². The SMILES string of the molecule is COc1ncccc1C(N)C1=CCCCO1. The van der Waals surface area contributed by atoms with Crippen LogP contribution in [0.3, 0.4) is 0 Å². The molecule has 16 heavy (non-hydrogen) atoms. The van der Waals surface area contributed by atoms with Crippen LogP contribution in [0, 0.1) is 0 Å². The number of ether oxygens (including phenoxy) is 2. The number of aromatic nitrogens is 1. The monoisotopic (exact) mass is 220 g/mol. The van der Waals surface area contributed by atoms with Gasteiger partial charge >= 0.3 is 0 Å². The maximum atomic E-state index is 6.13. The predicted molar refractivity (Wildman–Crippen MR) is 61.0 cm³/mol. The Labute approximate surface area is 95.1 Å². The van der Waals surface area contributed by atoms with Crippen molar-refractivity contribution in [1.82, 2.24) is 4.98 Å². The molecule has 0 spiro atoms. The fourth-order valence-corrected chi connectivity index (χ4v) is 1.76. The summed E-state index contributed by atoms with van der Waals surface area (Å²) < 4.78 is 10.7. The van der Waals surface area contributed by atoms with Crippen molar-refractivity contribution in [3.8, 4) is 5.88 Å². The molecular formula is C12H16N2O2. The number of nitrogens with two attached hydrogens (primary N) is 1. The van der Waals surface area contributed by atoms with E-state index in [9.17, 15) is 0 Å². The molecule has 1 aliphatic rings. The Hall–Kier alpha value is -1.55. The van der Waals surface area contributed by atoms with Crippen LogP contribution in [0.4, 0.5) is 0 Å². The van der Waals surface area contributed by atoms with Gasteiger partial charge in [0.15, 0.2) is 0 Å². The summed E-state index contributed by atoms with van der Waals surface area (Å²) in [5, 5.41) is 0. The number of pyridine rings is 1. The van der Waals surface area contributed by atoms with E-state index < -0.39 is 0 Å². The van der Waals surface area contributed by atoms with Gasteiger partial charge in [-0.15, -0.1) is 0 Å². The van der Waals surface area contributed by atoms with Crippen LogP contribution < -0.4 is 10.5 Å². The second-order valence-corrected chi connectivity index (χ2v) is 3.68. The molecule has 4 heteroatoms. The van der Waals surface area contributed by atoms with E-state index in [-0.39, 0.29) is 6.04 Å². The summed E-state index contributed by atoms with van der Waals surface area (Å²) in [4.78, 5) is 4.13. The fraction of sp³-hybridized carbons (Fsp3) is 0.417. The maximum Gasteiger partial charge on any atom is 0.218 e. The third-order valence-electron chi connectivity index (χ3n) is 2.60. The van der Waals surface area contributed by atoms with Crippen molar-refractivity contribution in [3.05, 3.63) is 35.7 Å². The molecule has 2 heterocycles. The molecular weight excluding hydrogens is 204 g/mol. The highest BCUT2D eigenvalue weighted by molar-refractivity contribution is 5.33. The zero-order valence-electron chi connectivity index (χ0n) is 9.35. The highest BCUT2D eigenvalue weighted by atomic mass is 16.5. The average Bonchev–Trinajstić information content (AvgIpc) is 2.39. The molecule has 2 N–H and O–H groups in total. The van der Waals surface area contributed by atoms with E-state index in [1.165, 1.54) is 0 Å². The number of hydrogen-bond acceptors (Lipinski definition) is 4. The normalized spacial score (nSPS) is 17.2. The van der Waals surface area contributed by atoms with Gasteiger partial charge in [-0.2, -0.15) is 0 Å². The van der Waals surface area contributed by atoms with E-state index in [1.807, 2.05) is 18.2 Å². The lowest BCUT2D eigenvalue weighted by Crippen LogP contribution is -2.18. The van der Waals surface area contributed by atoms with E-state index in [1.54, 1.807) is 13.3 Å². The maximum absolute atomic E-state index is 6.13. The van der Waals surface area contributed by atoms with E-state index in [0.29, 0.717) is 5.88 Å². The summed E-state index contributed by atoms with van der Waals surface area (Å²) in [6.07, 6.45) is 5.80. The second kappa shape index (κ2) is 4.99. The summed E-state index contributed by atoms with van der Waals surface area (Å²) >= 11 is 0. The van der Waals surface area contributed by atoms with Crippen LogP contribution in [-0.2, 0) is 4.74 Å². The Morgan fingerprint density at radius 1 is 1.56 bits per heavy atom. The van der Waals surface area contributed by atoms with Crippen molar-refractivity contribution in [2.75, 3.05) is 13.7 Å². The molecule has 0 fully saturated rings. The number of allylic oxidation sites excluding steroid dienone is 1. The van der Waals surface area contributed by atoms with Crippen molar-refractivity contribution >= 4 is 0 Å². The molecule has 86 valence electrons. The Balaban J connectivity index is 2.25. The molecule has 0 saturated carbocycles. The molecule has 0 saturated heterocycles. The van der Waals surface area contributed by atoms with Crippen LogP contribution in [0.2, 0.25) is 0 Å². The van der Waals surface area contributed by atoms with Crippen LogP contribution in [0.25, 0.3) is 0 Å². The first-order valence-electron chi connectivity index (χ1n) is 5.40. The molecule has 1 aromatic heterocycles. The van der Waals surface area contributed by atoms with Gasteiger partial charge in [-0.25, -0.2) is 4.98 Å². The number of methoxy groups -OCH3 is 1. The third-order valence-corrected chi connectivity index (χ3v) is 2.60. The van der Waals surface area contributed by atoms with Crippen LogP contribution in [0.1, 0.15) is 24.4 Å². The summed E-state index contributed by atoms with van der Waals surface area (Å²) in [5.41, 5.74) is 6.99. The Morgan fingerprint density at radius 3 is 3.12 bits per heavy atom. The molecule has 0 bridgehead atoms. The quantitative estimate of drug-likeness (QED) is 0.843. The number of nitrogens with zero attached hydrogens (tertiary/aromatic N) is 1. The smallest absolute Gasteiger partial charge is 0.218 e. The Morgan fingerprint density at radius 2 is 2.44 bits per heavy atom. The number of rotatable bonds is 3. The van der Waals surface area contributed by atoms with Gasteiger partial charge in [0.05, 0.1) is 19.8 Å². The molecule has 4 nitrogen and oxygen atoms in total. The summed E-state index contributed by atoms with van der Waals surface area (Å²) in [5.74, 6) is 1.38. The van der Waals surface area contributed by atoms with Crippen molar-refractivity contribution < 1.29 is 9.47 Å². The van der Waals surface area contributed by atoms with Gasteiger partial charge in [-0.3, -0.25) is 0 Å². The van der Waals surface area contributed by atoms with Crippen LogP contribution in [0.15, 0.2) is 30.2 Å². The molecule has 0 radical (unpaired) electrons. The molecule has 1 aromatic rings. The van der Waals surface area contributed by atoms with Gasteiger partial charge in [0.25, 0.3) is 0 Å². The van der Waals surface area contributed by atoms with Crippen LogP contribution in [-0.4, -0.2) is 18.7 Å². The van der Waals surface area contributed by atoms with Crippen molar-refractivity contribution in [1.29, 1.82) is 0 Å². The van der Waals surface area contributed by atoms with Gasteiger partial charge in [0, 0.05) is 11.8 Å². The first kappa shape index (κ1) is 11.0. The lowest BCUT2D eigenvalue weighted by Gasteiger charge is -2.21. The largest absolute Gasteiger partial charge is 0.496 e. The standard InChI is InChI=1S/C12H16N2O2/c1-15-12-9(5-4-7-14-12)11(13)10-6-2-3-8-16-10/h4-7,11H,2-3,8,13H2,1H3. The van der Waals surface area contributed by atoms with Gasteiger partial charge in [0.1, 0.15) is 5.76 Å². The average molecular weight is 220 g/mol. The summed E-state index contributed by atoms with van der Waals surface area (Å²) in [6.45, 7) is 0.738. The molecule has 1 atom stereocenters. The van der Waals surface area contributed by atoms with Gasteiger partial charge in [-0.05, 0) is 25.0 Å². The molecule has 0 amide bonds. The lowest BCUT2D eigenvalue weighted by atomic mass is 10.1. The topological polar surface area (TPSA) is 57.4 Å². The van der Waals surface area contributed by atoms with E-state index in [0.717, 1.165) is 30.8 Å². The van der Waals surface area contributed by atoms with Gasteiger partial charge in [0.2, 0.25) is 5.88 Å². The minimum atomic E-state index is -0.288. The van der Waals surface area contributed by atoms with E-state index in [4.69, 9.17) is 15.2 Å². The first-order chi connectivity index (χ1) is 7.83. The zero-order valence-corrected chi connectivity index (χ0v) is 9.35. The predicted octanol–water partition coefficient (Wildman–Crippen LogP) is 1.78. The Bertz CT molecular complexity index is 390. The van der Waals surface area contributed by atoms with E-state index in [2.05, 4.69) is 4.98 Å². The third kappa shape index (κ3) is 2.17. The zero-order chi connectivity index (χ0) is 11.4. The van der Waals surface area contributed by atoms with Crippen LogP contribution in [0.5, 0.6) is 5.88 Å². The highest BCUT2D eigenvalue weighted by Crippen LogP contribution is 2.28. The minimum absolute atomic E-state index is 0.288. The summed E-state index contributed by atoms with van der Waals surface area (Å²) in [7, 11) is 1.59. The molecule has 1 aliphatic heterocycles. The molecule has 1 unspecified atom stereocenters. The lowest BCUT2D eigenvalue weighted by molar-refractivity contribution is 0.175. The van der Waals surface area contributed by atoms with Crippen molar-refractivity contribution in [2.45, 2.75) is 18.9 Å². The van der Waals surface area contributed by atoms with Gasteiger partial charge < -0.3 is 15.2 Å². The highest BCUT2D eigenvalue weighted by Gasteiger charge is 2.19. The summed E-state index contributed by atoms with van der Waals surface area (Å²) in [6, 6.07) is 3.47. The fourth-order valence-electron chi connectivity index (χ4n) is 1.76. The van der Waals surface area contributed by atoms with Crippen molar-refractivity contribution in [3.63, 3.8) is 0 Å². The number of hydrogen-bond donors (Lipinski definition) is 1. The molecule has 0 aliphatic carbocycles. The van der Waals surface area contributed by atoms with Crippen LogP contribution >= 0.6 is 0 Å².